The maximum Gasteiger partial charge on any atom is 0.171 e. The van der Waals surface area contributed by atoms with Crippen LogP contribution in [0.2, 0.25) is 0 Å². The first-order valence-corrected chi connectivity index (χ1v) is 5.63. The van der Waals surface area contributed by atoms with Crippen LogP contribution < -0.4 is 0 Å². The molecule has 0 N–H and O–H groups in total. The van der Waals surface area contributed by atoms with Crippen LogP contribution >= 0.6 is 0 Å². The second-order valence-corrected chi connectivity index (χ2v) is 4.08. The van der Waals surface area contributed by atoms with Gasteiger partial charge in [0.1, 0.15) is 0 Å². The van der Waals surface area contributed by atoms with E-state index in [9.17, 15) is 9.59 Å². The van der Waals surface area contributed by atoms with Crippen LogP contribution in [0.3, 0.4) is 0 Å². The summed E-state index contributed by atoms with van der Waals surface area (Å²) in [6.45, 7) is 5.46. The second-order valence-electron chi connectivity index (χ2n) is 4.08. The number of carbonyl (C=O) groups is 2. The van der Waals surface area contributed by atoms with Gasteiger partial charge in [-0.2, -0.15) is 0 Å². The van der Waals surface area contributed by atoms with Crippen molar-refractivity contribution in [1.29, 1.82) is 0 Å². The third kappa shape index (κ3) is 1.76. The number of hydrogen-bond acceptors (Lipinski definition) is 2. The molecule has 0 aromatic rings. The summed E-state index contributed by atoms with van der Waals surface area (Å²) >= 11 is 0. The molecule has 0 fully saturated rings. The van der Waals surface area contributed by atoms with E-state index in [-0.39, 0.29) is 23.4 Å². The quantitative estimate of drug-likeness (QED) is 0.725. The summed E-state index contributed by atoms with van der Waals surface area (Å²) in [6.07, 6.45) is 12.2. The van der Waals surface area contributed by atoms with E-state index in [4.69, 9.17) is 0 Å². The number of allylic oxidation sites excluding steroid dienone is 9. The molecular formula is C15H14O2. The minimum atomic E-state index is -0.352. The largest absolute Gasteiger partial charge is 0.293 e. The van der Waals surface area contributed by atoms with Gasteiger partial charge in [-0.1, -0.05) is 49.1 Å². The molecule has 0 aromatic carbocycles. The van der Waals surface area contributed by atoms with Crippen molar-refractivity contribution < 1.29 is 9.59 Å². The van der Waals surface area contributed by atoms with Crippen LogP contribution in [0.25, 0.3) is 0 Å². The molecule has 2 aliphatic rings. The zero-order valence-electron chi connectivity index (χ0n) is 9.72. The summed E-state index contributed by atoms with van der Waals surface area (Å²) in [5, 5.41) is 0. The molecule has 86 valence electrons. The third-order valence-electron chi connectivity index (χ3n) is 3.10. The Kier molecular flexibility index (Phi) is 3.05. The van der Waals surface area contributed by atoms with E-state index >= 15 is 0 Å². The molecule has 2 unspecified atom stereocenters. The van der Waals surface area contributed by atoms with E-state index in [1.807, 2.05) is 19.1 Å². The molecule has 0 aliphatic heterocycles. The molecule has 0 heterocycles. The van der Waals surface area contributed by atoms with Gasteiger partial charge in [0, 0.05) is 11.1 Å². The van der Waals surface area contributed by atoms with Gasteiger partial charge in [-0.25, -0.2) is 0 Å². The minimum absolute atomic E-state index is 0.00296. The van der Waals surface area contributed by atoms with Gasteiger partial charge in [0.25, 0.3) is 0 Å². The Morgan fingerprint density at radius 2 is 1.59 bits per heavy atom. The number of ketones is 2. The predicted octanol–water partition coefficient (Wildman–Crippen LogP) is 2.56. The highest BCUT2D eigenvalue weighted by molar-refractivity contribution is 6.18. The molecule has 0 radical (unpaired) electrons. The normalized spacial score (nSPS) is 27.8. The fraction of sp³-hybridized carbons (Fsp3) is 0.200. The van der Waals surface area contributed by atoms with Gasteiger partial charge in [-0.15, -0.1) is 0 Å². The summed E-state index contributed by atoms with van der Waals surface area (Å²) in [5.74, 6) is -0.710. The number of rotatable bonds is 2. The van der Waals surface area contributed by atoms with Crippen LogP contribution in [0.4, 0.5) is 0 Å². The van der Waals surface area contributed by atoms with E-state index in [2.05, 4.69) is 6.58 Å². The summed E-state index contributed by atoms with van der Waals surface area (Å²) < 4.78 is 0. The van der Waals surface area contributed by atoms with Crippen molar-refractivity contribution in [2.24, 2.45) is 11.8 Å². The first-order chi connectivity index (χ1) is 8.20. The molecule has 0 bridgehead atoms. The van der Waals surface area contributed by atoms with E-state index in [0.717, 1.165) is 0 Å². The van der Waals surface area contributed by atoms with Crippen LogP contribution in [0.1, 0.15) is 6.92 Å². The second kappa shape index (κ2) is 4.50. The molecule has 2 atom stereocenters. The van der Waals surface area contributed by atoms with Gasteiger partial charge in [-0.3, -0.25) is 9.59 Å². The van der Waals surface area contributed by atoms with E-state index < -0.39 is 0 Å². The SMILES string of the molecule is C=CC1=C(/C=C\C)C(=O)C2C=CC=CC2C1=O. The van der Waals surface area contributed by atoms with Gasteiger partial charge in [0.15, 0.2) is 11.6 Å². The van der Waals surface area contributed by atoms with Crippen LogP contribution in [0.5, 0.6) is 0 Å². The van der Waals surface area contributed by atoms with E-state index in [1.54, 1.807) is 24.3 Å². The lowest BCUT2D eigenvalue weighted by atomic mass is 9.72. The van der Waals surface area contributed by atoms with Crippen molar-refractivity contribution in [3.8, 4) is 0 Å². The van der Waals surface area contributed by atoms with Gasteiger partial charge >= 0.3 is 0 Å². The fourth-order valence-corrected chi connectivity index (χ4v) is 2.28. The van der Waals surface area contributed by atoms with Crippen LogP contribution in [-0.4, -0.2) is 11.6 Å². The highest BCUT2D eigenvalue weighted by Gasteiger charge is 2.39. The zero-order chi connectivity index (χ0) is 12.4. The lowest BCUT2D eigenvalue weighted by Crippen LogP contribution is -2.35. The van der Waals surface area contributed by atoms with Crippen molar-refractivity contribution in [3.05, 3.63) is 60.3 Å². The Balaban J connectivity index is 2.58. The maximum absolute atomic E-state index is 12.3. The van der Waals surface area contributed by atoms with Crippen LogP contribution in [-0.2, 0) is 9.59 Å². The molecule has 0 aromatic heterocycles. The van der Waals surface area contributed by atoms with Gasteiger partial charge < -0.3 is 0 Å². The average molecular weight is 226 g/mol. The molecule has 17 heavy (non-hydrogen) atoms. The van der Waals surface area contributed by atoms with Gasteiger partial charge in [0.05, 0.1) is 11.8 Å². The Bertz CT molecular complexity index is 501. The lowest BCUT2D eigenvalue weighted by molar-refractivity contribution is -0.127. The van der Waals surface area contributed by atoms with Crippen molar-refractivity contribution in [2.45, 2.75) is 6.92 Å². The Morgan fingerprint density at radius 3 is 2.06 bits per heavy atom. The van der Waals surface area contributed by atoms with Crippen LogP contribution in [0.15, 0.2) is 60.3 Å². The van der Waals surface area contributed by atoms with Gasteiger partial charge in [-0.05, 0) is 6.92 Å². The number of Topliss-reactive ketones (excluding diaryl/α,β-unsaturated/α-hetero) is 2. The molecule has 2 rings (SSSR count). The standard InChI is InChI=1S/C15H14O2/c1-3-7-11-10(4-2)14(16)12-8-5-6-9-13(12)15(11)17/h3-9,12-13H,2H2,1H3/b7-3-. The lowest BCUT2D eigenvalue weighted by Gasteiger charge is -2.28. The fourth-order valence-electron chi connectivity index (χ4n) is 2.28. The van der Waals surface area contributed by atoms with E-state index in [1.165, 1.54) is 6.08 Å². The Labute approximate surface area is 101 Å². The Morgan fingerprint density at radius 1 is 1.06 bits per heavy atom. The molecule has 2 aliphatic carbocycles. The molecule has 0 spiro atoms. The highest BCUT2D eigenvalue weighted by Crippen LogP contribution is 2.33. The maximum atomic E-state index is 12.3. The highest BCUT2D eigenvalue weighted by atomic mass is 16.1. The summed E-state index contributed by atoms with van der Waals surface area (Å²) in [6, 6.07) is 0. The first kappa shape index (κ1) is 11.5. The predicted molar refractivity (Wildman–Crippen MR) is 67.3 cm³/mol. The summed E-state index contributed by atoms with van der Waals surface area (Å²) in [7, 11) is 0. The van der Waals surface area contributed by atoms with Gasteiger partial charge in [0.2, 0.25) is 0 Å². The molecular weight excluding hydrogens is 212 g/mol. The summed E-state index contributed by atoms with van der Waals surface area (Å²) in [4.78, 5) is 24.5. The average Bonchev–Trinajstić information content (AvgIpc) is 2.36. The molecule has 0 saturated carbocycles. The molecule has 0 amide bonds. The third-order valence-corrected chi connectivity index (χ3v) is 3.10. The molecule has 2 nitrogen and oxygen atoms in total. The van der Waals surface area contributed by atoms with Crippen molar-refractivity contribution >= 4 is 11.6 Å². The van der Waals surface area contributed by atoms with Crippen molar-refractivity contribution in [2.75, 3.05) is 0 Å². The number of fused-ring (bicyclic) bond motifs is 1. The van der Waals surface area contributed by atoms with Crippen molar-refractivity contribution in [3.63, 3.8) is 0 Å². The minimum Gasteiger partial charge on any atom is -0.293 e. The topological polar surface area (TPSA) is 34.1 Å². The van der Waals surface area contributed by atoms with E-state index in [0.29, 0.717) is 11.1 Å². The number of carbonyl (C=O) groups excluding carboxylic acids is 2. The van der Waals surface area contributed by atoms with Crippen LogP contribution in [0, 0.1) is 11.8 Å². The number of hydrogen-bond donors (Lipinski definition) is 0. The summed E-state index contributed by atoms with van der Waals surface area (Å²) in [5.41, 5.74) is 0.919. The smallest absolute Gasteiger partial charge is 0.171 e. The monoisotopic (exact) mass is 226 g/mol. The molecule has 2 heteroatoms. The zero-order valence-corrected chi connectivity index (χ0v) is 9.72. The van der Waals surface area contributed by atoms with Crippen molar-refractivity contribution in [1.82, 2.24) is 0 Å². The first-order valence-electron chi connectivity index (χ1n) is 5.63. The Hall–Kier alpha value is -1.96. The molecule has 0 saturated heterocycles.